The molecule has 0 fully saturated rings. The number of phenols is 4. The van der Waals surface area contributed by atoms with Crippen LogP contribution in [0.5, 0.6) is 46.0 Å². The highest BCUT2D eigenvalue weighted by molar-refractivity contribution is 6.39. The summed E-state index contributed by atoms with van der Waals surface area (Å²) in [5.41, 5.74) is 16.8. The number of ketones is 4. The molecule has 135 heavy (non-hydrogen) atoms. The third-order valence-electron chi connectivity index (χ3n) is 21.2. The minimum Gasteiger partial charge on any atom is -0.508 e. The molecule has 0 radical (unpaired) electrons. The summed E-state index contributed by atoms with van der Waals surface area (Å²) in [5.74, 6) is -0.314. The van der Waals surface area contributed by atoms with Crippen molar-refractivity contribution in [3.8, 4) is 68.6 Å². The number of amides is 1. The first kappa shape index (κ1) is 108. The first-order valence-electron chi connectivity index (χ1n) is 44.7. The van der Waals surface area contributed by atoms with Gasteiger partial charge in [-0.25, -0.2) is 9.59 Å². The Labute approximate surface area is 793 Å². The van der Waals surface area contributed by atoms with Crippen molar-refractivity contribution >= 4 is 46.7 Å². The molecule has 6 N–H and O–H groups in total. The molecule has 0 bridgehead atoms. The van der Waals surface area contributed by atoms with Crippen LogP contribution in [-0.4, -0.2) is 96.6 Å². The van der Waals surface area contributed by atoms with E-state index in [4.69, 9.17) is 47.7 Å². The van der Waals surface area contributed by atoms with Gasteiger partial charge in [0.25, 0.3) is 11.7 Å². The lowest BCUT2D eigenvalue weighted by molar-refractivity contribution is -0.151. The van der Waals surface area contributed by atoms with Gasteiger partial charge in [-0.05, 0) is 230 Å². The molecule has 23 nitrogen and oxygen atoms in total. The van der Waals surface area contributed by atoms with E-state index < -0.39 is 17.7 Å². The smallest absolute Gasteiger partial charge is 0.379 e. The molecular formula is C112H131N3O20. The average Bonchev–Trinajstić information content (AvgIpc) is 1.03. The second-order valence-corrected chi connectivity index (χ2v) is 37.6. The van der Waals surface area contributed by atoms with Gasteiger partial charge < -0.3 is 68.3 Å². The lowest BCUT2D eigenvalue weighted by Gasteiger charge is -2.24. The second kappa shape index (κ2) is 48.3. The fourth-order valence-electron chi connectivity index (χ4n) is 14.4. The number of esters is 2. The summed E-state index contributed by atoms with van der Waals surface area (Å²) in [7, 11) is 0. The number of carbonyl (C=O) groups excluding carboxylic acids is 7. The van der Waals surface area contributed by atoms with Gasteiger partial charge >= 0.3 is 11.9 Å². The monoisotopic (exact) mass is 1840 g/mol. The molecule has 2 heterocycles. The van der Waals surface area contributed by atoms with E-state index in [9.17, 15) is 48.9 Å². The molecule has 12 rings (SSSR count). The van der Waals surface area contributed by atoms with Crippen LogP contribution in [0.4, 0.5) is 0 Å². The normalized spacial score (nSPS) is 11.3. The fraction of sp³-hybridized carbons (Fsp3) is 0.330. The van der Waals surface area contributed by atoms with E-state index >= 15 is 0 Å². The van der Waals surface area contributed by atoms with Crippen molar-refractivity contribution in [2.45, 2.75) is 227 Å². The first-order valence-corrected chi connectivity index (χ1v) is 44.7. The van der Waals surface area contributed by atoms with Crippen LogP contribution in [0.1, 0.15) is 275 Å². The van der Waals surface area contributed by atoms with E-state index in [0.29, 0.717) is 84.2 Å². The number of aliphatic hydroxyl groups excluding tert-OH is 1. The summed E-state index contributed by atoms with van der Waals surface area (Å²) in [6, 6.07) is 65.3. The zero-order chi connectivity index (χ0) is 100. The van der Waals surface area contributed by atoms with Crippen molar-refractivity contribution < 1.29 is 96.6 Å². The Hall–Kier alpha value is -14.4. The quantitative estimate of drug-likeness (QED) is 0.0102. The third-order valence-corrected chi connectivity index (χ3v) is 21.2. The SMILES string of the molecule is CC(=O)c1cc(C(C)(C)C)c(C)cc1OCc1ccccc1.CC(=O)c1cc(C(C)(C)C)c(O)cc1O.CC(=O)c1ccc(O)cc1O.CCNC(=O)c1cc(-c2cc(C(C)(C)C)c(C)cc2OCc2ccccc2)on1.CCOC(=O)C(=O)C=C(O)c1cc(C(C)(C)C)c(C)cc1OCc1ccccc1.CCOC(=O)c1cc(-c2cc(C(C)(C)C)c(C)cc2OCc2ccccc2)on1. The number of carbonyl (C=O) groups is 7. The Bertz CT molecular complexity index is 5930. The van der Waals surface area contributed by atoms with Gasteiger partial charge in [0.2, 0.25) is 0 Å². The topological polar surface area (TPSA) is 340 Å². The number of aryl methyl sites for hydroxylation is 4. The molecule has 2 aromatic heterocycles. The molecule has 0 aliphatic carbocycles. The lowest BCUT2D eigenvalue weighted by Crippen LogP contribution is -2.22. The lowest BCUT2D eigenvalue weighted by atomic mass is 9.82. The van der Waals surface area contributed by atoms with Gasteiger partial charge in [0.05, 0.1) is 46.6 Å². The van der Waals surface area contributed by atoms with E-state index in [1.165, 1.54) is 48.7 Å². The number of nitrogens with one attached hydrogen (secondary N) is 1. The van der Waals surface area contributed by atoms with Crippen molar-refractivity contribution in [2.75, 3.05) is 19.8 Å². The summed E-state index contributed by atoms with van der Waals surface area (Å²) in [6.45, 7) is 51.8. The number of Topliss-reactive ketones (excluding diaryl/α,β-unsaturated/α-hetero) is 3. The van der Waals surface area contributed by atoms with Crippen molar-refractivity contribution in [1.82, 2.24) is 15.6 Å². The molecule has 714 valence electrons. The highest BCUT2D eigenvalue weighted by Crippen LogP contribution is 2.43. The number of aromatic nitrogens is 2. The van der Waals surface area contributed by atoms with Gasteiger partial charge in [-0.1, -0.05) is 235 Å². The van der Waals surface area contributed by atoms with E-state index in [1.54, 1.807) is 45.0 Å². The molecule has 0 spiro atoms. The van der Waals surface area contributed by atoms with Crippen molar-refractivity contribution in [2.24, 2.45) is 0 Å². The zero-order valence-electron chi connectivity index (χ0n) is 82.5. The Morgan fingerprint density at radius 2 is 0.696 bits per heavy atom. The molecule has 0 aliphatic heterocycles. The highest BCUT2D eigenvalue weighted by Gasteiger charge is 2.29. The molecule has 12 aromatic rings. The van der Waals surface area contributed by atoms with Crippen molar-refractivity contribution in [3.63, 3.8) is 0 Å². The van der Waals surface area contributed by atoms with Crippen LogP contribution in [0.15, 0.2) is 227 Å². The predicted molar refractivity (Wildman–Crippen MR) is 528 cm³/mol. The Balaban J connectivity index is 0.000000227. The van der Waals surface area contributed by atoms with Gasteiger partial charge in [-0.3, -0.25) is 24.0 Å². The number of benzene rings is 10. The van der Waals surface area contributed by atoms with Crippen LogP contribution in [0.25, 0.3) is 28.4 Å². The second-order valence-electron chi connectivity index (χ2n) is 37.6. The van der Waals surface area contributed by atoms with Crippen LogP contribution in [0.2, 0.25) is 0 Å². The molecule has 0 unspecified atom stereocenters. The van der Waals surface area contributed by atoms with Gasteiger partial charge in [0.1, 0.15) is 78.2 Å². The van der Waals surface area contributed by atoms with Gasteiger partial charge in [0, 0.05) is 42.4 Å². The maximum atomic E-state index is 12.1. The average molecular weight is 1840 g/mol. The van der Waals surface area contributed by atoms with Crippen LogP contribution in [0.3, 0.4) is 0 Å². The number of aliphatic hydroxyl groups is 1. The number of hydrogen-bond donors (Lipinski definition) is 6. The van der Waals surface area contributed by atoms with E-state index in [2.05, 4.69) is 132 Å². The van der Waals surface area contributed by atoms with Crippen molar-refractivity contribution in [3.05, 3.63) is 324 Å². The van der Waals surface area contributed by atoms with Gasteiger partial charge in [0.15, 0.2) is 40.3 Å². The minimum absolute atomic E-state index is 0.00619. The number of phenolic OH excluding ortho intramolecular Hbond substituents is 4. The van der Waals surface area contributed by atoms with Gasteiger partial charge in [-0.2, -0.15) is 0 Å². The Kier molecular flexibility index (Phi) is 38.6. The summed E-state index contributed by atoms with van der Waals surface area (Å²) >= 11 is 0. The molecule has 10 aromatic carbocycles. The number of rotatable bonds is 25. The maximum absolute atomic E-state index is 12.1. The largest absolute Gasteiger partial charge is 0.508 e. The summed E-state index contributed by atoms with van der Waals surface area (Å²) in [5, 5.41) is 58.2. The van der Waals surface area contributed by atoms with Crippen molar-refractivity contribution in [1.29, 1.82) is 0 Å². The molecular weight excluding hydrogens is 1710 g/mol. The fourth-order valence-corrected chi connectivity index (χ4v) is 14.4. The van der Waals surface area contributed by atoms with Crippen LogP contribution >= 0.6 is 0 Å². The summed E-state index contributed by atoms with van der Waals surface area (Å²) in [4.78, 5) is 81.7. The molecule has 1 amide bonds. The molecule has 0 saturated carbocycles. The van der Waals surface area contributed by atoms with Gasteiger partial charge in [-0.15, -0.1) is 0 Å². The van der Waals surface area contributed by atoms with Crippen LogP contribution in [0, 0.1) is 27.7 Å². The van der Waals surface area contributed by atoms with E-state index in [-0.39, 0.29) is 115 Å². The number of nitrogens with zero attached hydrogens (tertiary/aromatic N) is 2. The highest BCUT2D eigenvalue weighted by atomic mass is 16.5. The van der Waals surface area contributed by atoms with Crippen LogP contribution < -0.4 is 24.3 Å². The zero-order valence-corrected chi connectivity index (χ0v) is 82.5. The van der Waals surface area contributed by atoms with E-state index in [1.807, 2.05) is 186 Å². The Morgan fingerprint density at radius 1 is 0.363 bits per heavy atom. The minimum atomic E-state index is -1.01. The summed E-state index contributed by atoms with van der Waals surface area (Å²) < 4.78 is 44.9. The summed E-state index contributed by atoms with van der Waals surface area (Å²) in [6.07, 6.45) is 0.879. The molecule has 0 atom stereocenters. The van der Waals surface area contributed by atoms with E-state index in [0.717, 1.165) is 73.3 Å². The maximum Gasteiger partial charge on any atom is 0.379 e. The third kappa shape index (κ3) is 32.0. The first-order chi connectivity index (χ1) is 63.3. The Morgan fingerprint density at radius 3 is 1.06 bits per heavy atom. The molecule has 0 aliphatic rings. The predicted octanol–water partition coefficient (Wildman–Crippen LogP) is 24.9. The van der Waals surface area contributed by atoms with Crippen LogP contribution in [-0.2, 0) is 72.6 Å². The molecule has 0 saturated heterocycles. The standard InChI is InChI=1S/C24H28N2O3.C24H27NO4.C24H28O5.C20H24O2.C12H16O3.C8H8O3/c1-6-25-23(27)20-14-22(29-26-20)18-13-19(24(3,4)5)16(2)12-21(18)28-15-17-10-8-7-9-11-17;1-6-27-23(26)20-14-22(29-25-20)18-13-19(24(3,4)5)16(2)12-21(18)28-15-17-10-8-7-9-11-17;1-6-28-23(27)21(26)14-20(25)18-13-19(24(3,4)5)16(2)12-22(18)29-15-17-10-8-7-9-11-17;1-14-11-19(22-13-16-9-7-6-8-10-16)17(15(2)21)12-18(14)20(3,4)5;1-7(13)8-5-9(12(2,3)4)11(15)6-10(8)14;1-5(9)7-3-2-6(10)4-8(7)11/h7-14H,6,15H2,1-5H3,(H,25,27);7-14H,6,15H2,1-5H3;7-14,25H,6,15H2,1-5H3;6-12H,13H2,1-5H3;5-6,14-15H,1-4H3;2-4,10-11H,1H3. The number of aromatic hydroxyl groups is 4. The number of ether oxygens (including phenoxy) is 6. The number of hydrogen-bond acceptors (Lipinski definition) is 22. The molecule has 23 heteroatoms.